The van der Waals surface area contributed by atoms with Crippen molar-refractivity contribution in [1.29, 1.82) is 0 Å². The SMILES string of the molecule is CCO[C@@H]1OC(C(=O)N2CCOCCOCCOCCOCC2)=C[C@H](c2ccccc2)[C@@H]1CCCO. The number of amides is 1. The quantitative estimate of drug-likeness (QED) is 0.601. The van der Waals surface area contributed by atoms with Gasteiger partial charge in [-0.25, -0.2) is 0 Å². The number of nitrogens with zero attached hydrogens (tertiary/aromatic N) is 1. The fourth-order valence-corrected chi connectivity index (χ4v) is 4.39. The molecule has 1 saturated heterocycles. The first-order valence-corrected chi connectivity index (χ1v) is 13.0. The Hall–Kier alpha value is -2.01. The summed E-state index contributed by atoms with van der Waals surface area (Å²) in [6.45, 7) is 6.93. The highest BCUT2D eigenvalue weighted by molar-refractivity contribution is 5.91. The molecule has 1 aromatic carbocycles. The maximum absolute atomic E-state index is 13.7. The van der Waals surface area contributed by atoms with Crippen molar-refractivity contribution >= 4 is 5.91 Å². The minimum Gasteiger partial charge on any atom is -0.459 e. The monoisotopic (exact) mass is 507 g/mol. The molecule has 2 heterocycles. The number of benzene rings is 1. The van der Waals surface area contributed by atoms with E-state index in [1.165, 1.54) is 0 Å². The van der Waals surface area contributed by atoms with E-state index < -0.39 is 6.29 Å². The Bertz CT molecular complexity index is 758. The van der Waals surface area contributed by atoms with E-state index in [0.717, 1.165) is 5.56 Å². The molecule has 3 rings (SSSR count). The molecule has 0 aliphatic carbocycles. The Kier molecular flexibility index (Phi) is 13.2. The van der Waals surface area contributed by atoms with Crippen LogP contribution in [-0.2, 0) is 33.2 Å². The molecule has 0 unspecified atom stereocenters. The van der Waals surface area contributed by atoms with E-state index in [9.17, 15) is 9.90 Å². The Morgan fingerprint density at radius 3 is 2.08 bits per heavy atom. The molecule has 0 bridgehead atoms. The predicted molar refractivity (Wildman–Crippen MR) is 133 cm³/mol. The van der Waals surface area contributed by atoms with Gasteiger partial charge in [-0.15, -0.1) is 0 Å². The first-order chi connectivity index (χ1) is 17.7. The minimum absolute atomic E-state index is 0.0226. The lowest BCUT2D eigenvalue weighted by molar-refractivity contribution is -0.170. The van der Waals surface area contributed by atoms with Gasteiger partial charge in [0.1, 0.15) is 0 Å². The summed E-state index contributed by atoms with van der Waals surface area (Å²) in [5.41, 5.74) is 1.09. The second-order valence-electron chi connectivity index (χ2n) is 8.68. The highest BCUT2D eigenvalue weighted by Crippen LogP contribution is 2.39. The third kappa shape index (κ3) is 9.14. The van der Waals surface area contributed by atoms with Crippen LogP contribution in [0, 0.1) is 5.92 Å². The Morgan fingerprint density at radius 2 is 1.53 bits per heavy atom. The van der Waals surface area contributed by atoms with Crippen LogP contribution in [0.2, 0.25) is 0 Å². The molecule has 0 radical (unpaired) electrons. The first-order valence-electron chi connectivity index (χ1n) is 13.0. The van der Waals surface area contributed by atoms with Gasteiger partial charge in [0.2, 0.25) is 6.29 Å². The summed E-state index contributed by atoms with van der Waals surface area (Å²) < 4.78 is 34.5. The molecule has 0 aromatic heterocycles. The zero-order valence-corrected chi connectivity index (χ0v) is 21.3. The number of aliphatic hydroxyl groups is 1. The van der Waals surface area contributed by atoms with Crippen molar-refractivity contribution in [2.75, 3.05) is 79.2 Å². The van der Waals surface area contributed by atoms with Gasteiger partial charge >= 0.3 is 0 Å². The van der Waals surface area contributed by atoms with Crippen LogP contribution in [0.5, 0.6) is 0 Å². The van der Waals surface area contributed by atoms with Gasteiger partial charge in [-0.3, -0.25) is 4.79 Å². The Balaban J connectivity index is 1.78. The lowest BCUT2D eigenvalue weighted by Gasteiger charge is -2.38. The number of ether oxygens (including phenoxy) is 6. The van der Waals surface area contributed by atoms with Gasteiger partial charge in [0.15, 0.2) is 5.76 Å². The molecule has 2 aliphatic heterocycles. The minimum atomic E-state index is -0.582. The van der Waals surface area contributed by atoms with Gasteiger partial charge in [-0.05, 0) is 31.4 Å². The summed E-state index contributed by atoms with van der Waals surface area (Å²) in [6.07, 6.45) is 2.68. The molecule has 0 spiro atoms. The first kappa shape index (κ1) is 28.6. The van der Waals surface area contributed by atoms with E-state index in [2.05, 4.69) is 12.1 Å². The largest absolute Gasteiger partial charge is 0.459 e. The summed E-state index contributed by atoms with van der Waals surface area (Å²) in [6, 6.07) is 10.1. The number of carbonyl (C=O) groups is 1. The van der Waals surface area contributed by atoms with E-state index in [0.29, 0.717) is 85.4 Å². The van der Waals surface area contributed by atoms with Gasteiger partial charge in [0, 0.05) is 38.1 Å². The van der Waals surface area contributed by atoms with Crippen molar-refractivity contribution in [3.8, 4) is 0 Å². The van der Waals surface area contributed by atoms with Gasteiger partial charge < -0.3 is 38.4 Å². The molecule has 1 fully saturated rings. The molecule has 1 aromatic rings. The number of rotatable bonds is 7. The van der Waals surface area contributed by atoms with Crippen LogP contribution in [0.3, 0.4) is 0 Å². The zero-order chi connectivity index (χ0) is 25.4. The number of carbonyl (C=O) groups excluding carboxylic acids is 1. The van der Waals surface area contributed by atoms with Crippen LogP contribution in [0.1, 0.15) is 31.2 Å². The van der Waals surface area contributed by atoms with Crippen LogP contribution in [0.15, 0.2) is 42.2 Å². The standard InChI is InChI=1S/C27H41NO8/c1-2-35-27-23(9-6-12-29)24(22-7-4-3-5-8-22)21-25(36-27)26(30)28-10-13-31-15-17-33-19-20-34-18-16-32-14-11-28/h3-5,7-8,21,23-24,27,29H,2,6,9-20H2,1H3/t23-,24+,27+/m0/s1. The average molecular weight is 508 g/mol. The lowest BCUT2D eigenvalue weighted by Crippen LogP contribution is -2.42. The molecule has 0 saturated carbocycles. The summed E-state index contributed by atoms with van der Waals surface area (Å²) >= 11 is 0. The topological polar surface area (TPSA) is 95.9 Å². The van der Waals surface area contributed by atoms with Crippen molar-refractivity contribution in [3.05, 3.63) is 47.7 Å². The Morgan fingerprint density at radius 1 is 0.944 bits per heavy atom. The normalized spacial score (nSPS) is 25.2. The number of hydrogen-bond donors (Lipinski definition) is 1. The predicted octanol–water partition coefficient (Wildman–Crippen LogP) is 2.34. The highest BCUT2D eigenvalue weighted by atomic mass is 16.7. The van der Waals surface area contributed by atoms with Crippen LogP contribution in [0.25, 0.3) is 0 Å². The molecule has 1 amide bonds. The third-order valence-corrected chi connectivity index (χ3v) is 6.22. The second-order valence-corrected chi connectivity index (χ2v) is 8.68. The van der Waals surface area contributed by atoms with E-state index in [4.69, 9.17) is 28.4 Å². The second kappa shape index (κ2) is 16.7. The van der Waals surface area contributed by atoms with Crippen LogP contribution in [-0.4, -0.2) is 101 Å². The zero-order valence-electron chi connectivity index (χ0n) is 21.3. The van der Waals surface area contributed by atoms with E-state index in [1.807, 2.05) is 31.2 Å². The van der Waals surface area contributed by atoms with Crippen molar-refractivity contribution in [1.82, 2.24) is 4.90 Å². The molecule has 9 heteroatoms. The van der Waals surface area contributed by atoms with Crippen LogP contribution < -0.4 is 0 Å². The summed E-state index contributed by atoms with van der Waals surface area (Å²) in [4.78, 5) is 15.4. The molecule has 3 atom stereocenters. The summed E-state index contributed by atoms with van der Waals surface area (Å²) in [7, 11) is 0. The Labute approximate surface area is 214 Å². The molecular formula is C27H41NO8. The highest BCUT2D eigenvalue weighted by Gasteiger charge is 2.38. The van der Waals surface area contributed by atoms with E-state index >= 15 is 0 Å². The van der Waals surface area contributed by atoms with Gasteiger partial charge in [0.25, 0.3) is 5.91 Å². The van der Waals surface area contributed by atoms with E-state index in [1.54, 1.807) is 4.90 Å². The maximum Gasteiger partial charge on any atom is 0.288 e. The average Bonchev–Trinajstić information content (AvgIpc) is 2.92. The van der Waals surface area contributed by atoms with E-state index in [-0.39, 0.29) is 30.1 Å². The summed E-state index contributed by atoms with van der Waals surface area (Å²) in [5.74, 6) is -0.0460. The fraction of sp³-hybridized carbons (Fsp3) is 0.667. The van der Waals surface area contributed by atoms with Gasteiger partial charge in [-0.1, -0.05) is 30.3 Å². The third-order valence-electron chi connectivity index (χ3n) is 6.22. The molecule has 202 valence electrons. The molecule has 9 nitrogen and oxygen atoms in total. The van der Waals surface area contributed by atoms with Crippen molar-refractivity contribution in [2.24, 2.45) is 5.92 Å². The van der Waals surface area contributed by atoms with Crippen molar-refractivity contribution in [2.45, 2.75) is 32.0 Å². The maximum atomic E-state index is 13.7. The van der Waals surface area contributed by atoms with Crippen molar-refractivity contribution < 1.29 is 38.3 Å². The molecule has 2 aliphatic rings. The smallest absolute Gasteiger partial charge is 0.288 e. The molecular weight excluding hydrogens is 466 g/mol. The number of hydrogen-bond acceptors (Lipinski definition) is 8. The lowest BCUT2D eigenvalue weighted by atomic mass is 9.80. The number of aliphatic hydroxyl groups excluding tert-OH is 1. The van der Waals surface area contributed by atoms with Gasteiger partial charge in [0.05, 0.1) is 52.9 Å². The fourth-order valence-electron chi connectivity index (χ4n) is 4.39. The molecule has 36 heavy (non-hydrogen) atoms. The van der Waals surface area contributed by atoms with Crippen LogP contribution >= 0.6 is 0 Å². The van der Waals surface area contributed by atoms with Crippen LogP contribution in [0.4, 0.5) is 0 Å². The molecule has 1 N–H and O–H groups in total. The van der Waals surface area contributed by atoms with Crippen molar-refractivity contribution in [3.63, 3.8) is 0 Å². The summed E-state index contributed by atoms with van der Waals surface area (Å²) in [5, 5.41) is 9.46. The van der Waals surface area contributed by atoms with Gasteiger partial charge in [-0.2, -0.15) is 0 Å². The number of allylic oxidation sites excluding steroid dienone is 1.